The van der Waals surface area contributed by atoms with E-state index in [1.165, 1.54) is 5.56 Å². The van der Waals surface area contributed by atoms with Gasteiger partial charge in [-0.2, -0.15) is 0 Å². The molecule has 0 saturated carbocycles. The number of hydrogen-bond donors (Lipinski definition) is 1. The minimum absolute atomic E-state index is 0.281. The van der Waals surface area contributed by atoms with E-state index in [0.717, 1.165) is 18.7 Å². The molecule has 2 nitrogen and oxygen atoms in total. The molecule has 112 valence electrons. The molecule has 0 amide bonds. The number of nitrogens with one attached hydrogen (secondary N) is 1. The van der Waals surface area contributed by atoms with Crippen LogP contribution in [-0.2, 0) is 0 Å². The van der Waals surface area contributed by atoms with Gasteiger partial charge in [-0.1, -0.05) is 42.3 Å². The van der Waals surface area contributed by atoms with Gasteiger partial charge in [-0.15, -0.1) is 0 Å². The van der Waals surface area contributed by atoms with Crippen LogP contribution >= 0.6 is 23.2 Å². The minimum Gasteiger partial charge on any atom is -0.456 e. The highest BCUT2D eigenvalue weighted by molar-refractivity contribution is 6.34. The lowest BCUT2D eigenvalue weighted by Gasteiger charge is -2.15. The maximum Gasteiger partial charge on any atom is 0.147 e. The van der Waals surface area contributed by atoms with Crippen LogP contribution in [0.15, 0.2) is 42.5 Å². The first kappa shape index (κ1) is 16.2. The monoisotopic (exact) mass is 323 g/mol. The first-order chi connectivity index (χ1) is 10.1. The summed E-state index contributed by atoms with van der Waals surface area (Å²) in [6.45, 7) is 5.29. The standard InChI is InChI=1S/C17H19Cl2NO/c1-3-9-20-12(2)13-5-4-6-15(10-13)21-17-11-14(18)7-8-16(17)19/h4-8,10-12,20H,3,9H2,1-2H3. The van der Waals surface area contributed by atoms with Crippen molar-refractivity contribution >= 4 is 23.2 Å². The van der Waals surface area contributed by atoms with Crippen LogP contribution in [0.25, 0.3) is 0 Å². The number of ether oxygens (including phenoxy) is 1. The van der Waals surface area contributed by atoms with Gasteiger partial charge in [-0.05, 0) is 49.7 Å². The van der Waals surface area contributed by atoms with Crippen LogP contribution in [0.3, 0.4) is 0 Å². The van der Waals surface area contributed by atoms with E-state index in [1.54, 1.807) is 18.2 Å². The normalized spacial score (nSPS) is 12.2. The molecule has 0 saturated heterocycles. The third-order valence-corrected chi connectivity index (χ3v) is 3.73. The molecule has 0 radical (unpaired) electrons. The Balaban J connectivity index is 2.15. The average Bonchev–Trinajstić information content (AvgIpc) is 2.49. The summed E-state index contributed by atoms with van der Waals surface area (Å²) in [5.41, 5.74) is 1.18. The van der Waals surface area contributed by atoms with Crippen LogP contribution in [0.4, 0.5) is 0 Å². The fourth-order valence-corrected chi connectivity index (χ4v) is 2.33. The zero-order valence-corrected chi connectivity index (χ0v) is 13.7. The molecule has 1 N–H and O–H groups in total. The topological polar surface area (TPSA) is 21.3 Å². The molecule has 0 fully saturated rings. The first-order valence-electron chi connectivity index (χ1n) is 7.06. The second-order valence-corrected chi connectivity index (χ2v) is 5.77. The Morgan fingerprint density at radius 2 is 1.95 bits per heavy atom. The zero-order valence-electron chi connectivity index (χ0n) is 12.2. The predicted molar refractivity (Wildman–Crippen MR) is 89.7 cm³/mol. The van der Waals surface area contributed by atoms with Crippen molar-refractivity contribution in [3.05, 3.63) is 58.1 Å². The maximum atomic E-state index is 6.12. The third-order valence-electron chi connectivity index (χ3n) is 3.18. The summed E-state index contributed by atoms with van der Waals surface area (Å²) in [4.78, 5) is 0. The van der Waals surface area contributed by atoms with Crippen molar-refractivity contribution in [1.29, 1.82) is 0 Å². The Hall–Kier alpha value is -1.22. The summed E-state index contributed by atoms with van der Waals surface area (Å²) in [5.74, 6) is 1.32. The Kier molecular flexibility index (Phi) is 5.92. The fourth-order valence-electron chi connectivity index (χ4n) is 2.01. The highest BCUT2D eigenvalue weighted by atomic mass is 35.5. The molecular formula is C17H19Cl2NO. The molecule has 0 aromatic heterocycles. The largest absolute Gasteiger partial charge is 0.456 e. The van der Waals surface area contributed by atoms with Crippen molar-refractivity contribution < 1.29 is 4.74 Å². The summed E-state index contributed by atoms with van der Waals surface area (Å²) in [6.07, 6.45) is 1.11. The van der Waals surface area contributed by atoms with Gasteiger partial charge in [0, 0.05) is 17.1 Å². The van der Waals surface area contributed by atoms with Crippen molar-refractivity contribution in [2.75, 3.05) is 6.54 Å². The smallest absolute Gasteiger partial charge is 0.147 e. The van der Waals surface area contributed by atoms with E-state index in [2.05, 4.69) is 25.2 Å². The Bertz CT molecular complexity index is 601. The van der Waals surface area contributed by atoms with Crippen LogP contribution in [0.5, 0.6) is 11.5 Å². The summed E-state index contributed by atoms with van der Waals surface area (Å²) in [5, 5.41) is 4.60. The number of rotatable bonds is 6. The lowest BCUT2D eigenvalue weighted by Crippen LogP contribution is -2.19. The third kappa shape index (κ3) is 4.63. The van der Waals surface area contributed by atoms with Crippen molar-refractivity contribution in [3.63, 3.8) is 0 Å². The highest BCUT2D eigenvalue weighted by Gasteiger charge is 2.08. The molecule has 1 unspecified atom stereocenters. The minimum atomic E-state index is 0.281. The SMILES string of the molecule is CCCNC(C)c1cccc(Oc2cc(Cl)ccc2Cl)c1. The van der Waals surface area contributed by atoms with Gasteiger partial charge in [-0.25, -0.2) is 0 Å². The van der Waals surface area contributed by atoms with Gasteiger partial charge < -0.3 is 10.1 Å². The molecule has 4 heteroatoms. The quantitative estimate of drug-likeness (QED) is 0.720. The van der Waals surface area contributed by atoms with E-state index in [0.29, 0.717) is 15.8 Å². The van der Waals surface area contributed by atoms with Crippen LogP contribution < -0.4 is 10.1 Å². The molecule has 2 aromatic carbocycles. The van der Waals surface area contributed by atoms with Crippen LogP contribution in [0.1, 0.15) is 31.9 Å². The van der Waals surface area contributed by atoms with Crippen LogP contribution in [-0.4, -0.2) is 6.54 Å². The van der Waals surface area contributed by atoms with E-state index in [1.807, 2.05) is 18.2 Å². The van der Waals surface area contributed by atoms with Gasteiger partial charge in [0.25, 0.3) is 0 Å². The van der Waals surface area contributed by atoms with Gasteiger partial charge in [0.15, 0.2) is 0 Å². The van der Waals surface area contributed by atoms with Crippen molar-refractivity contribution in [2.24, 2.45) is 0 Å². The molecule has 0 aliphatic heterocycles. The van der Waals surface area contributed by atoms with Gasteiger partial charge in [0.2, 0.25) is 0 Å². The molecule has 2 aromatic rings. The molecule has 0 heterocycles. The molecule has 0 aliphatic rings. The van der Waals surface area contributed by atoms with Crippen molar-refractivity contribution in [2.45, 2.75) is 26.3 Å². The number of benzene rings is 2. The van der Waals surface area contributed by atoms with Gasteiger partial charge in [0.05, 0.1) is 5.02 Å². The molecular weight excluding hydrogens is 305 g/mol. The lowest BCUT2D eigenvalue weighted by molar-refractivity contribution is 0.480. The second kappa shape index (κ2) is 7.69. The molecule has 0 aliphatic carbocycles. The van der Waals surface area contributed by atoms with Gasteiger partial charge >= 0.3 is 0 Å². The average molecular weight is 324 g/mol. The van der Waals surface area contributed by atoms with E-state index in [9.17, 15) is 0 Å². The van der Waals surface area contributed by atoms with Crippen LogP contribution in [0.2, 0.25) is 10.0 Å². The summed E-state index contributed by atoms with van der Waals surface area (Å²) >= 11 is 12.1. The maximum absolute atomic E-state index is 6.12. The van der Waals surface area contributed by atoms with Gasteiger partial charge in [0.1, 0.15) is 11.5 Å². The van der Waals surface area contributed by atoms with Crippen molar-refractivity contribution in [1.82, 2.24) is 5.32 Å². The Labute approximate surface area is 136 Å². The van der Waals surface area contributed by atoms with Crippen LogP contribution in [0, 0.1) is 0 Å². The summed E-state index contributed by atoms with van der Waals surface area (Å²) in [7, 11) is 0. The second-order valence-electron chi connectivity index (χ2n) is 4.93. The molecule has 0 bridgehead atoms. The zero-order chi connectivity index (χ0) is 15.2. The molecule has 0 spiro atoms. The number of hydrogen-bond acceptors (Lipinski definition) is 2. The van der Waals surface area contributed by atoms with E-state index >= 15 is 0 Å². The molecule has 2 rings (SSSR count). The summed E-state index contributed by atoms with van der Waals surface area (Å²) in [6, 6.07) is 13.5. The first-order valence-corrected chi connectivity index (χ1v) is 7.82. The fraction of sp³-hybridized carbons (Fsp3) is 0.294. The summed E-state index contributed by atoms with van der Waals surface area (Å²) < 4.78 is 5.84. The molecule has 1 atom stereocenters. The van der Waals surface area contributed by atoms with E-state index in [4.69, 9.17) is 27.9 Å². The van der Waals surface area contributed by atoms with E-state index < -0.39 is 0 Å². The lowest BCUT2D eigenvalue weighted by atomic mass is 10.1. The Morgan fingerprint density at radius 3 is 2.71 bits per heavy atom. The highest BCUT2D eigenvalue weighted by Crippen LogP contribution is 2.32. The van der Waals surface area contributed by atoms with Crippen molar-refractivity contribution in [3.8, 4) is 11.5 Å². The van der Waals surface area contributed by atoms with Gasteiger partial charge in [-0.3, -0.25) is 0 Å². The van der Waals surface area contributed by atoms with E-state index in [-0.39, 0.29) is 6.04 Å². The predicted octanol–water partition coefficient (Wildman–Crippen LogP) is 5.85. The molecule has 21 heavy (non-hydrogen) atoms. The Morgan fingerprint density at radius 1 is 1.14 bits per heavy atom. The number of halogens is 2.